The van der Waals surface area contributed by atoms with Crippen molar-refractivity contribution < 1.29 is 14.7 Å². The molecule has 3 N–H and O–H groups in total. The summed E-state index contributed by atoms with van der Waals surface area (Å²) >= 11 is 7.16. The molecular formula is C13H14ClN3O3S. The van der Waals surface area contributed by atoms with Gasteiger partial charge in [0, 0.05) is 5.02 Å². The molecule has 0 spiro atoms. The van der Waals surface area contributed by atoms with Gasteiger partial charge in [-0.2, -0.15) is 0 Å². The SMILES string of the molecule is CCC[C@H](NC(=O)Nc1nc2ccc(Cl)cc2s1)C(=O)O. The summed E-state index contributed by atoms with van der Waals surface area (Å²) in [6.07, 6.45) is 1.04. The second-order valence-corrected chi connectivity index (χ2v) is 5.88. The van der Waals surface area contributed by atoms with Gasteiger partial charge in [0.25, 0.3) is 0 Å². The van der Waals surface area contributed by atoms with Crippen molar-refractivity contribution in [3.8, 4) is 0 Å². The number of aliphatic carboxylic acids is 1. The standard InChI is InChI=1S/C13H14ClN3O3S/c1-2-3-9(11(18)19)15-12(20)17-13-16-8-5-4-7(14)6-10(8)21-13/h4-6,9H,2-3H2,1H3,(H,18,19)(H2,15,16,17,20)/t9-/m0/s1. The Morgan fingerprint density at radius 3 is 2.90 bits per heavy atom. The maximum atomic E-state index is 11.8. The average Bonchev–Trinajstić information content (AvgIpc) is 2.79. The van der Waals surface area contributed by atoms with E-state index in [-0.39, 0.29) is 0 Å². The van der Waals surface area contributed by atoms with Gasteiger partial charge in [0.15, 0.2) is 5.13 Å². The molecule has 0 aliphatic carbocycles. The smallest absolute Gasteiger partial charge is 0.326 e. The number of benzene rings is 1. The molecule has 0 aliphatic heterocycles. The normalized spacial score (nSPS) is 12.1. The molecule has 0 fully saturated rings. The second-order valence-electron chi connectivity index (χ2n) is 4.41. The maximum absolute atomic E-state index is 11.8. The van der Waals surface area contributed by atoms with Crippen LogP contribution in [0, 0.1) is 0 Å². The quantitative estimate of drug-likeness (QED) is 0.785. The van der Waals surface area contributed by atoms with Gasteiger partial charge in [-0.1, -0.05) is 36.3 Å². The van der Waals surface area contributed by atoms with Crippen LogP contribution in [0.15, 0.2) is 18.2 Å². The Labute approximate surface area is 130 Å². The molecule has 0 radical (unpaired) electrons. The number of amides is 2. The summed E-state index contributed by atoms with van der Waals surface area (Å²) in [7, 11) is 0. The minimum absolute atomic E-state index is 0.373. The lowest BCUT2D eigenvalue weighted by Crippen LogP contribution is -2.42. The number of hydrogen-bond acceptors (Lipinski definition) is 4. The second kappa shape index (κ2) is 6.73. The Kier molecular flexibility index (Phi) is 4.98. The first-order valence-electron chi connectivity index (χ1n) is 6.36. The van der Waals surface area contributed by atoms with E-state index in [0.29, 0.717) is 23.0 Å². The third-order valence-corrected chi connectivity index (χ3v) is 3.92. The number of carbonyl (C=O) groups is 2. The Morgan fingerprint density at radius 2 is 2.24 bits per heavy atom. The van der Waals surface area contributed by atoms with E-state index in [1.54, 1.807) is 18.2 Å². The molecule has 1 aromatic heterocycles. The van der Waals surface area contributed by atoms with Crippen molar-refractivity contribution >= 4 is 50.3 Å². The number of anilines is 1. The molecule has 0 saturated carbocycles. The summed E-state index contributed by atoms with van der Waals surface area (Å²) in [5, 5.41) is 14.9. The van der Waals surface area contributed by atoms with Crippen LogP contribution in [0.3, 0.4) is 0 Å². The zero-order chi connectivity index (χ0) is 15.4. The van der Waals surface area contributed by atoms with Crippen LogP contribution in [0.2, 0.25) is 5.02 Å². The van der Waals surface area contributed by atoms with Crippen LogP contribution in [0.5, 0.6) is 0 Å². The van der Waals surface area contributed by atoms with Gasteiger partial charge < -0.3 is 10.4 Å². The predicted octanol–water partition coefficient (Wildman–Crippen LogP) is 3.32. The van der Waals surface area contributed by atoms with Gasteiger partial charge in [-0.25, -0.2) is 14.6 Å². The number of halogens is 1. The van der Waals surface area contributed by atoms with E-state index in [4.69, 9.17) is 16.7 Å². The fraction of sp³-hybridized carbons (Fsp3) is 0.308. The van der Waals surface area contributed by atoms with Gasteiger partial charge in [-0.05, 0) is 24.6 Å². The molecule has 1 heterocycles. The molecule has 0 bridgehead atoms. The largest absolute Gasteiger partial charge is 0.480 e. The van der Waals surface area contributed by atoms with Crippen LogP contribution >= 0.6 is 22.9 Å². The molecule has 1 aromatic carbocycles. The lowest BCUT2D eigenvalue weighted by molar-refractivity contribution is -0.139. The van der Waals surface area contributed by atoms with Crippen LogP contribution in [-0.2, 0) is 4.79 Å². The first-order valence-corrected chi connectivity index (χ1v) is 7.55. The van der Waals surface area contributed by atoms with Gasteiger partial charge in [0.1, 0.15) is 6.04 Å². The number of nitrogens with one attached hydrogen (secondary N) is 2. The predicted molar refractivity (Wildman–Crippen MR) is 83.1 cm³/mol. The number of rotatable bonds is 5. The number of hydrogen-bond donors (Lipinski definition) is 3. The average molecular weight is 328 g/mol. The van der Waals surface area contributed by atoms with E-state index in [1.807, 2.05) is 6.92 Å². The van der Waals surface area contributed by atoms with Crippen LogP contribution in [0.4, 0.5) is 9.93 Å². The monoisotopic (exact) mass is 327 g/mol. The number of fused-ring (bicyclic) bond motifs is 1. The van der Waals surface area contributed by atoms with Crippen molar-refractivity contribution in [1.29, 1.82) is 0 Å². The highest BCUT2D eigenvalue weighted by Gasteiger charge is 2.19. The number of carboxylic acids is 1. The minimum atomic E-state index is -1.05. The molecule has 1 atom stereocenters. The van der Waals surface area contributed by atoms with Gasteiger partial charge in [0.05, 0.1) is 10.2 Å². The van der Waals surface area contributed by atoms with Gasteiger partial charge >= 0.3 is 12.0 Å². The van der Waals surface area contributed by atoms with Crippen molar-refractivity contribution in [2.24, 2.45) is 0 Å². The molecule has 2 amide bonds. The lowest BCUT2D eigenvalue weighted by atomic mass is 10.2. The van der Waals surface area contributed by atoms with E-state index in [0.717, 1.165) is 10.2 Å². The van der Waals surface area contributed by atoms with Gasteiger partial charge in [-0.3, -0.25) is 5.32 Å². The molecule has 112 valence electrons. The van der Waals surface area contributed by atoms with Crippen molar-refractivity contribution in [3.05, 3.63) is 23.2 Å². The number of urea groups is 1. The third-order valence-electron chi connectivity index (χ3n) is 2.75. The van der Waals surface area contributed by atoms with Crippen LogP contribution < -0.4 is 10.6 Å². The van der Waals surface area contributed by atoms with E-state index in [9.17, 15) is 9.59 Å². The number of thiazole rings is 1. The number of carbonyl (C=O) groups excluding carboxylic acids is 1. The highest BCUT2D eigenvalue weighted by Crippen LogP contribution is 2.28. The third kappa shape index (κ3) is 4.05. The van der Waals surface area contributed by atoms with Crippen molar-refractivity contribution in [1.82, 2.24) is 10.3 Å². The fourth-order valence-electron chi connectivity index (χ4n) is 1.79. The summed E-state index contributed by atoms with van der Waals surface area (Å²) in [6.45, 7) is 1.85. The van der Waals surface area contributed by atoms with E-state index >= 15 is 0 Å². The zero-order valence-electron chi connectivity index (χ0n) is 11.2. The molecule has 0 saturated heterocycles. The van der Waals surface area contributed by atoms with Gasteiger partial charge in [0.2, 0.25) is 0 Å². The molecule has 21 heavy (non-hydrogen) atoms. The molecule has 8 heteroatoms. The van der Waals surface area contributed by atoms with E-state index < -0.39 is 18.0 Å². The Hall–Kier alpha value is -1.86. The summed E-state index contributed by atoms with van der Waals surface area (Å²) in [5.74, 6) is -1.05. The molecule has 0 aliphatic rings. The van der Waals surface area contributed by atoms with Crippen LogP contribution in [0.1, 0.15) is 19.8 Å². The van der Waals surface area contributed by atoms with Crippen LogP contribution in [0.25, 0.3) is 10.2 Å². The van der Waals surface area contributed by atoms with Crippen molar-refractivity contribution in [3.63, 3.8) is 0 Å². The summed E-state index contributed by atoms with van der Waals surface area (Å²) in [4.78, 5) is 27.0. The first-order chi connectivity index (χ1) is 9.99. The zero-order valence-corrected chi connectivity index (χ0v) is 12.8. The summed E-state index contributed by atoms with van der Waals surface area (Å²) < 4.78 is 0.848. The molecule has 2 rings (SSSR count). The van der Waals surface area contributed by atoms with E-state index in [2.05, 4.69) is 15.6 Å². The highest BCUT2D eigenvalue weighted by atomic mass is 35.5. The molecular weight excluding hydrogens is 314 g/mol. The Morgan fingerprint density at radius 1 is 1.48 bits per heavy atom. The first kappa shape index (κ1) is 15.5. The maximum Gasteiger partial charge on any atom is 0.326 e. The molecule has 2 aromatic rings. The summed E-state index contributed by atoms with van der Waals surface area (Å²) in [6, 6.07) is 3.75. The number of aromatic nitrogens is 1. The highest BCUT2D eigenvalue weighted by molar-refractivity contribution is 7.22. The Balaban J connectivity index is 2.05. The van der Waals surface area contributed by atoms with Crippen molar-refractivity contribution in [2.75, 3.05) is 5.32 Å². The van der Waals surface area contributed by atoms with E-state index in [1.165, 1.54) is 11.3 Å². The van der Waals surface area contributed by atoms with Crippen LogP contribution in [-0.4, -0.2) is 28.1 Å². The Bertz CT molecular complexity index is 674. The number of nitrogens with zero attached hydrogens (tertiary/aromatic N) is 1. The lowest BCUT2D eigenvalue weighted by Gasteiger charge is -2.13. The molecule has 6 nitrogen and oxygen atoms in total. The minimum Gasteiger partial charge on any atom is -0.480 e. The summed E-state index contributed by atoms with van der Waals surface area (Å²) in [5.41, 5.74) is 0.725. The molecule has 0 unspecified atom stereocenters. The van der Waals surface area contributed by atoms with Crippen molar-refractivity contribution in [2.45, 2.75) is 25.8 Å². The van der Waals surface area contributed by atoms with Gasteiger partial charge in [-0.15, -0.1) is 0 Å². The number of carboxylic acid groups (broad SMARTS) is 1. The topological polar surface area (TPSA) is 91.3 Å². The fourth-order valence-corrected chi connectivity index (χ4v) is 2.93.